The molecule has 0 saturated heterocycles. The second-order valence-electron chi connectivity index (χ2n) is 8.16. The highest BCUT2D eigenvalue weighted by molar-refractivity contribution is 5.85. The van der Waals surface area contributed by atoms with Crippen LogP contribution in [-0.4, -0.2) is 53.5 Å². The summed E-state index contributed by atoms with van der Waals surface area (Å²) in [7, 11) is 0. The number of benzene rings is 2. The Morgan fingerprint density at radius 1 is 1.03 bits per heavy atom. The van der Waals surface area contributed by atoms with Crippen molar-refractivity contribution in [2.45, 2.75) is 50.7 Å². The van der Waals surface area contributed by atoms with Gasteiger partial charge in [-0.05, 0) is 28.7 Å². The Morgan fingerprint density at radius 3 is 2.21 bits per heavy atom. The van der Waals surface area contributed by atoms with Gasteiger partial charge in [-0.2, -0.15) is 0 Å². The lowest BCUT2D eigenvalue weighted by molar-refractivity contribution is -0.139. The third-order valence-corrected chi connectivity index (χ3v) is 5.72. The number of ether oxygens (including phenoxy) is 1. The summed E-state index contributed by atoms with van der Waals surface area (Å²) in [5.41, 5.74) is 4.45. The number of aliphatic hydroxyl groups excluding tert-OH is 1. The van der Waals surface area contributed by atoms with Crippen LogP contribution >= 0.6 is 0 Å². The van der Waals surface area contributed by atoms with Gasteiger partial charge in [0.25, 0.3) is 0 Å². The number of unbranched alkanes of at least 4 members (excludes halogenated alkanes) is 1. The molecule has 0 heterocycles. The average molecular weight is 455 g/mol. The van der Waals surface area contributed by atoms with E-state index < -0.39 is 36.5 Å². The smallest absolute Gasteiger partial charge is 0.407 e. The van der Waals surface area contributed by atoms with Crippen molar-refractivity contribution >= 4 is 18.0 Å². The molecule has 176 valence electrons. The minimum atomic E-state index is -1.20. The van der Waals surface area contributed by atoms with Crippen LogP contribution in [0.25, 0.3) is 11.1 Å². The molecule has 2 atom stereocenters. The number of aliphatic hydroxyl groups is 1. The predicted octanol–water partition coefficient (Wildman–Crippen LogP) is 3.04. The quantitative estimate of drug-likeness (QED) is 0.414. The lowest BCUT2D eigenvalue weighted by Gasteiger charge is -2.20. The van der Waals surface area contributed by atoms with Crippen LogP contribution in [0.1, 0.15) is 49.7 Å². The third kappa shape index (κ3) is 6.32. The topological polar surface area (TPSA) is 125 Å². The molecule has 0 saturated carbocycles. The van der Waals surface area contributed by atoms with Crippen LogP contribution in [0.3, 0.4) is 0 Å². The molecule has 1 aliphatic rings. The van der Waals surface area contributed by atoms with Gasteiger partial charge >= 0.3 is 12.1 Å². The van der Waals surface area contributed by atoms with Crippen molar-refractivity contribution in [2.24, 2.45) is 0 Å². The third-order valence-electron chi connectivity index (χ3n) is 5.72. The second-order valence-corrected chi connectivity index (χ2v) is 8.16. The summed E-state index contributed by atoms with van der Waals surface area (Å²) in [5.74, 6) is -1.73. The highest BCUT2D eigenvalue weighted by atomic mass is 16.5. The van der Waals surface area contributed by atoms with Gasteiger partial charge in [0.15, 0.2) is 0 Å². The molecule has 0 fully saturated rings. The first kappa shape index (κ1) is 24.3. The summed E-state index contributed by atoms with van der Waals surface area (Å²) < 4.78 is 5.52. The minimum Gasteiger partial charge on any atom is -0.481 e. The predicted molar refractivity (Wildman–Crippen MR) is 123 cm³/mol. The van der Waals surface area contributed by atoms with E-state index in [0.29, 0.717) is 12.8 Å². The molecule has 8 nitrogen and oxygen atoms in total. The van der Waals surface area contributed by atoms with E-state index in [-0.39, 0.29) is 19.1 Å². The van der Waals surface area contributed by atoms with E-state index in [1.807, 2.05) is 43.3 Å². The molecule has 0 radical (unpaired) electrons. The zero-order valence-electron chi connectivity index (χ0n) is 18.6. The Morgan fingerprint density at radius 2 is 1.64 bits per heavy atom. The Balaban J connectivity index is 1.59. The van der Waals surface area contributed by atoms with Crippen LogP contribution in [0, 0.1) is 0 Å². The summed E-state index contributed by atoms with van der Waals surface area (Å²) in [5, 5.41) is 23.5. The van der Waals surface area contributed by atoms with Crippen LogP contribution in [0.5, 0.6) is 0 Å². The van der Waals surface area contributed by atoms with Gasteiger partial charge in [-0.25, -0.2) is 4.79 Å². The number of carbonyl (C=O) groups is 3. The number of hydrogen-bond acceptors (Lipinski definition) is 5. The summed E-state index contributed by atoms with van der Waals surface area (Å²) in [6, 6.07) is 15.2. The van der Waals surface area contributed by atoms with E-state index in [4.69, 9.17) is 9.84 Å². The Bertz CT molecular complexity index is 947. The van der Waals surface area contributed by atoms with Gasteiger partial charge in [0.1, 0.15) is 12.6 Å². The van der Waals surface area contributed by atoms with Gasteiger partial charge in [-0.15, -0.1) is 0 Å². The van der Waals surface area contributed by atoms with Gasteiger partial charge in [-0.3, -0.25) is 9.59 Å². The molecule has 1 aliphatic carbocycles. The van der Waals surface area contributed by atoms with Crippen LogP contribution in [-0.2, 0) is 14.3 Å². The van der Waals surface area contributed by atoms with Crippen molar-refractivity contribution in [1.82, 2.24) is 10.6 Å². The maximum Gasteiger partial charge on any atom is 0.407 e. The van der Waals surface area contributed by atoms with E-state index in [0.717, 1.165) is 28.7 Å². The number of carboxylic acid groups (broad SMARTS) is 1. The van der Waals surface area contributed by atoms with Gasteiger partial charge < -0.3 is 25.6 Å². The molecule has 0 aromatic heterocycles. The first-order valence-electron chi connectivity index (χ1n) is 11.2. The molecule has 0 bridgehead atoms. The first-order chi connectivity index (χ1) is 15.9. The molecule has 2 aromatic rings. The van der Waals surface area contributed by atoms with E-state index in [1.165, 1.54) is 0 Å². The van der Waals surface area contributed by atoms with Crippen LogP contribution in [0.15, 0.2) is 48.5 Å². The zero-order chi connectivity index (χ0) is 23.8. The molecule has 4 N–H and O–H groups in total. The Labute approximate surface area is 193 Å². The number of alkyl carbamates (subject to hydrolysis) is 1. The molecule has 0 aliphatic heterocycles. The number of aliphatic carboxylic acids is 1. The highest BCUT2D eigenvalue weighted by Crippen LogP contribution is 2.44. The fourth-order valence-corrected chi connectivity index (χ4v) is 4.07. The number of carbonyl (C=O) groups excluding carboxylic acids is 2. The van der Waals surface area contributed by atoms with Gasteiger partial charge in [-0.1, -0.05) is 68.3 Å². The number of carboxylic acids is 1. The summed E-state index contributed by atoms with van der Waals surface area (Å²) in [6.07, 6.45) is -0.426. The first-order valence-corrected chi connectivity index (χ1v) is 11.2. The van der Waals surface area contributed by atoms with E-state index >= 15 is 0 Å². The van der Waals surface area contributed by atoms with Crippen molar-refractivity contribution < 1.29 is 29.3 Å². The van der Waals surface area contributed by atoms with E-state index in [9.17, 15) is 19.5 Å². The van der Waals surface area contributed by atoms with Crippen LogP contribution < -0.4 is 10.6 Å². The van der Waals surface area contributed by atoms with Gasteiger partial charge in [0, 0.05) is 12.5 Å². The van der Waals surface area contributed by atoms with Crippen LogP contribution in [0.4, 0.5) is 4.79 Å². The average Bonchev–Trinajstić information content (AvgIpc) is 3.12. The molecular weight excluding hydrogens is 424 g/mol. The van der Waals surface area contributed by atoms with Crippen molar-refractivity contribution in [3.63, 3.8) is 0 Å². The monoisotopic (exact) mass is 454 g/mol. The molecule has 0 spiro atoms. The zero-order valence-corrected chi connectivity index (χ0v) is 18.6. The largest absolute Gasteiger partial charge is 0.481 e. The Hall–Kier alpha value is -3.39. The maximum absolute atomic E-state index is 12.5. The van der Waals surface area contributed by atoms with Crippen molar-refractivity contribution in [2.75, 3.05) is 13.2 Å². The Kier molecular flexibility index (Phi) is 8.43. The fourth-order valence-electron chi connectivity index (χ4n) is 4.07. The van der Waals surface area contributed by atoms with E-state index in [2.05, 4.69) is 22.8 Å². The SMILES string of the molecule is CCCCC(NC(=O)OCC1c2ccccc2-c2ccccc21)C(=O)NCC(O)CC(=O)O. The lowest BCUT2D eigenvalue weighted by Crippen LogP contribution is -2.48. The number of nitrogens with one attached hydrogen (secondary N) is 2. The number of amides is 2. The summed E-state index contributed by atoms with van der Waals surface area (Å²) in [6.45, 7) is 1.90. The minimum absolute atomic E-state index is 0.0859. The normalized spacial score (nSPS) is 14.0. The summed E-state index contributed by atoms with van der Waals surface area (Å²) >= 11 is 0. The number of rotatable bonds is 11. The maximum atomic E-state index is 12.5. The standard InChI is InChI=1S/C25H30N2O6/c1-2-3-12-22(24(31)26-14-16(28)13-23(29)30)27-25(32)33-15-21-19-10-6-4-8-17(19)18-9-5-7-11-20(18)21/h4-11,16,21-22,28H,2-3,12-15H2,1H3,(H,26,31)(H,27,32)(H,29,30). The molecule has 8 heteroatoms. The second kappa shape index (κ2) is 11.5. The van der Waals surface area contributed by atoms with E-state index in [1.54, 1.807) is 0 Å². The van der Waals surface area contributed by atoms with Crippen molar-refractivity contribution in [1.29, 1.82) is 0 Å². The van der Waals surface area contributed by atoms with Gasteiger partial charge in [0.05, 0.1) is 12.5 Å². The molecular formula is C25H30N2O6. The fraction of sp³-hybridized carbons (Fsp3) is 0.400. The van der Waals surface area contributed by atoms with Crippen molar-refractivity contribution in [3.8, 4) is 11.1 Å². The van der Waals surface area contributed by atoms with Gasteiger partial charge in [0.2, 0.25) is 5.91 Å². The molecule has 2 unspecified atom stereocenters. The molecule has 33 heavy (non-hydrogen) atoms. The molecule has 3 rings (SSSR count). The van der Waals surface area contributed by atoms with Crippen molar-refractivity contribution in [3.05, 3.63) is 59.7 Å². The lowest BCUT2D eigenvalue weighted by atomic mass is 9.98. The number of hydrogen-bond donors (Lipinski definition) is 4. The molecule has 2 aromatic carbocycles. The molecule has 2 amide bonds. The summed E-state index contributed by atoms with van der Waals surface area (Å²) in [4.78, 5) is 35.7. The number of fused-ring (bicyclic) bond motifs is 3. The highest BCUT2D eigenvalue weighted by Gasteiger charge is 2.29. The van der Waals surface area contributed by atoms with Crippen LogP contribution in [0.2, 0.25) is 0 Å².